The van der Waals surface area contributed by atoms with Gasteiger partial charge in [-0.05, 0) is 54.8 Å². The number of halogens is 5. The number of nitrogens with one attached hydrogen (secondary N) is 1. The molecule has 2 aliphatic heterocycles. The summed E-state index contributed by atoms with van der Waals surface area (Å²) in [6, 6.07) is 7.08. The lowest BCUT2D eigenvalue weighted by atomic mass is 9.86. The Morgan fingerprint density at radius 1 is 1.14 bits per heavy atom. The number of oxime groups is 2. The number of amides is 1. The molecule has 0 aromatic heterocycles. The molecule has 2 aromatic carbocycles. The number of benzene rings is 2. The quantitative estimate of drug-likeness (QED) is 0.397. The molecular formula is C23H20Cl2F3N3O3S2. The third-order valence-corrected chi connectivity index (χ3v) is 8.21. The van der Waals surface area contributed by atoms with Crippen molar-refractivity contribution in [1.29, 1.82) is 0 Å². The average Bonchev–Trinajstić information content (AvgIpc) is 3.46. The number of carbonyl (C=O) groups excluding carboxylic acids is 1. The van der Waals surface area contributed by atoms with Crippen molar-refractivity contribution in [3.63, 3.8) is 0 Å². The first-order chi connectivity index (χ1) is 17.0. The zero-order valence-electron chi connectivity index (χ0n) is 19.2. The maximum atomic E-state index is 14.4. The van der Waals surface area contributed by atoms with E-state index < -0.39 is 24.4 Å². The Hall–Kier alpha value is -2.08. The molecule has 0 fully saturated rings. The number of aryl methyl sites for hydroxylation is 1. The van der Waals surface area contributed by atoms with Gasteiger partial charge in [-0.25, -0.2) is 0 Å². The van der Waals surface area contributed by atoms with Crippen LogP contribution in [0.15, 0.2) is 45.5 Å². The van der Waals surface area contributed by atoms with E-state index in [0.29, 0.717) is 28.0 Å². The van der Waals surface area contributed by atoms with Crippen LogP contribution >= 0.6 is 46.7 Å². The van der Waals surface area contributed by atoms with Crippen LogP contribution in [0.1, 0.15) is 39.9 Å². The molecule has 36 heavy (non-hydrogen) atoms. The molecule has 2 aliphatic rings. The van der Waals surface area contributed by atoms with Crippen LogP contribution in [0.25, 0.3) is 0 Å². The fourth-order valence-corrected chi connectivity index (χ4v) is 5.82. The predicted molar refractivity (Wildman–Crippen MR) is 137 cm³/mol. The number of nitrogens with zero attached hydrogens (tertiary/aromatic N) is 2. The van der Waals surface area contributed by atoms with Crippen LogP contribution in [-0.2, 0) is 15.3 Å². The summed E-state index contributed by atoms with van der Waals surface area (Å²) in [7, 11) is 0. The Labute approximate surface area is 223 Å². The first kappa shape index (κ1) is 27.0. The minimum atomic E-state index is -4.81. The van der Waals surface area contributed by atoms with Crippen molar-refractivity contribution in [3.8, 4) is 0 Å². The zero-order valence-corrected chi connectivity index (χ0v) is 22.3. The lowest BCUT2D eigenvalue weighted by Crippen LogP contribution is -2.42. The van der Waals surface area contributed by atoms with Crippen molar-refractivity contribution < 1.29 is 27.6 Å². The van der Waals surface area contributed by atoms with Gasteiger partial charge in [0, 0.05) is 22.4 Å². The number of hydrogen-bond donors (Lipinski definition) is 1. The SMILES string of the molecule is CSC1=NOC(NC(=O)c2ccc(C3=NOC(c4cc(Cl)c(SC)c(Cl)c4)(C(F)(F)F)C3)cc2C)C1. The van der Waals surface area contributed by atoms with Gasteiger partial charge in [0.2, 0.25) is 6.23 Å². The molecule has 13 heteroatoms. The maximum Gasteiger partial charge on any atom is 0.435 e. The highest BCUT2D eigenvalue weighted by atomic mass is 35.5. The van der Waals surface area contributed by atoms with Gasteiger partial charge in [0.05, 0.1) is 22.2 Å². The number of thioether (sulfide) groups is 2. The second-order valence-electron chi connectivity index (χ2n) is 8.09. The molecular weight excluding hydrogens is 558 g/mol. The van der Waals surface area contributed by atoms with Crippen molar-refractivity contribution in [2.75, 3.05) is 12.5 Å². The monoisotopic (exact) mass is 577 g/mol. The Morgan fingerprint density at radius 3 is 2.39 bits per heavy atom. The van der Waals surface area contributed by atoms with E-state index in [-0.39, 0.29) is 27.2 Å². The van der Waals surface area contributed by atoms with Crippen LogP contribution in [0, 0.1) is 6.92 Å². The highest BCUT2D eigenvalue weighted by Crippen LogP contribution is 2.50. The van der Waals surface area contributed by atoms with E-state index in [0.717, 1.165) is 5.04 Å². The minimum absolute atomic E-state index is 0.0840. The highest BCUT2D eigenvalue weighted by Gasteiger charge is 2.62. The topological polar surface area (TPSA) is 72.3 Å². The van der Waals surface area contributed by atoms with E-state index in [9.17, 15) is 18.0 Å². The van der Waals surface area contributed by atoms with E-state index in [2.05, 4.69) is 15.6 Å². The Morgan fingerprint density at radius 2 is 1.83 bits per heavy atom. The average molecular weight is 578 g/mol. The lowest BCUT2D eigenvalue weighted by Gasteiger charge is -2.30. The molecule has 1 N–H and O–H groups in total. The van der Waals surface area contributed by atoms with Gasteiger partial charge in [-0.3, -0.25) is 4.79 Å². The third-order valence-electron chi connectivity index (χ3n) is 5.83. The molecule has 2 unspecified atom stereocenters. The number of alkyl halides is 3. The number of hydrogen-bond acceptors (Lipinski definition) is 7. The Kier molecular flexibility index (Phi) is 7.76. The molecule has 0 saturated heterocycles. The summed E-state index contributed by atoms with van der Waals surface area (Å²) in [5.74, 6) is -0.381. The Balaban J connectivity index is 1.57. The van der Waals surface area contributed by atoms with Gasteiger partial charge < -0.3 is 15.0 Å². The standard InChI is InChI=1S/C23H20Cl2F3N3O3S2/c1-11-6-12(4-5-14(11)21(32)29-18-9-19(35-2)31-33-18)17-10-22(34-30-17,23(26,27)28)13-7-15(24)20(36-3)16(25)8-13/h4-8,18H,9-10H2,1-3H3,(H,29,32). The molecule has 4 rings (SSSR count). The second-order valence-corrected chi connectivity index (χ2v) is 10.6. The number of carbonyl (C=O) groups is 1. The molecule has 0 bridgehead atoms. The fourth-order valence-electron chi connectivity index (χ4n) is 3.92. The van der Waals surface area contributed by atoms with Gasteiger partial charge in [-0.1, -0.05) is 39.6 Å². The van der Waals surface area contributed by atoms with E-state index in [1.54, 1.807) is 19.2 Å². The van der Waals surface area contributed by atoms with Crippen molar-refractivity contribution in [1.82, 2.24) is 5.32 Å². The van der Waals surface area contributed by atoms with Crippen LogP contribution in [0.2, 0.25) is 10.0 Å². The fraction of sp³-hybridized carbons (Fsp3) is 0.348. The summed E-state index contributed by atoms with van der Waals surface area (Å²) in [6.07, 6.45) is -1.92. The van der Waals surface area contributed by atoms with Crippen molar-refractivity contribution in [2.24, 2.45) is 10.3 Å². The molecule has 0 radical (unpaired) electrons. The van der Waals surface area contributed by atoms with Gasteiger partial charge in [-0.2, -0.15) is 13.2 Å². The maximum absolute atomic E-state index is 14.4. The van der Waals surface area contributed by atoms with Crippen LogP contribution < -0.4 is 5.32 Å². The summed E-state index contributed by atoms with van der Waals surface area (Å²) < 4.78 is 43.1. The van der Waals surface area contributed by atoms with E-state index >= 15 is 0 Å². The third kappa shape index (κ3) is 5.03. The van der Waals surface area contributed by atoms with E-state index in [1.165, 1.54) is 47.8 Å². The van der Waals surface area contributed by atoms with Gasteiger partial charge >= 0.3 is 6.18 Å². The molecule has 0 aliphatic carbocycles. The van der Waals surface area contributed by atoms with Gasteiger partial charge in [-0.15, -0.1) is 23.5 Å². The molecule has 192 valence electrons. The molecule has 2 aromatic rings. The van der Waals surface area contributed by atoms with E-state index in [1.807, 2.05) is 6.26 Å². The minimum Gasteiger partial charge on any atom is -0.374 e. The molecule has 1 amide bonds. The van der Waals surface area contributed by atoms with E-state index in [4.69, 9.17) is 32.9 Å². The zero-order chi connectivity index (χ0) is 26.3. The van der Waals surface area contributed by atoms with Crippen molar-refractivity contribution in [3.05, 3.63) is 62.6 Å². The summed E-state index contributed by atoms with van der Waals surface area (Å²) in [4.78, 5) is 23.5. The summed E-state index contributed by atoms with van der Waals surface area (Å²) in [5, 5.41) is 11.4. The molecule has 0 saturated carbocycles. The Bertz CT molecular complexity index is 1250. The lowest BCUT2D eigenvalue weighted by molar-refractivity contribution is -0.275. The number of rotatable bonds is 5. The van der Waals surface area contributed by atoms with Gasteiger partial charge in [0.15, 0.2) is 0 Å². The summed E-state index contributed by atoms with van der Waals surface area (Å²) in [6.45, 7) is 1.69. The highest BCUT2D eigenvalue weighted by molar-refractivity contribution is 8.13. The first-order valence-electron chi connectivity index (χ1n) is 10.5. The van der Waals surface area contributed by atoms with Crippen LogP contribution in [0.5, 0.6) is 0 Å². The summed E-state index contributed by atoms with van der Waals surface area (Å²) >= 11 is 15.1. The smallest absolute Gasteiger partial charge is 0.374 e. The largest absolute Gasteiger partial charge is 0.435 e. The molecule has 0 spiro atoms. The summed E-state index contributed by atoms with van der Waals surface area (Å²) in [5.41, 5.74) is -1.59. The predicted octanol–water partition coefficient (Wildman–Crippen LogP) is 6.76. The van der Waals surface area contributed by atoms with Crippen LogP contribution in [0.4, 0.5) is 13.2 Å². The van der Waals surface area contributed by atoms with Crippen LogP contribution in [0.3, 0.4) is 0 Å². The van der Waals surface area contributed by atoms with Crippen LogP contribution in [-0.4, -0.2) is 41.6 Å². The molecule has 6 nitrogen and oxygen atoms in total. The molecule has 2 atom stereocenters. The van der Waals surface area contributed by atoms with Crippen molar-refractivity contribution in [2.45, 2.75) is 42.7 Å². The van der Waals surface area contributed by atoms with Gasteiger partial charge in [0.25, 0.3) is 11.5 Å². The normalized spacial score (nSPS) is 21.5. The van der Waals surface area contributed by atoms with Gasteiger partial charge in [0.1, 0.15) is 5.04 Å². The first-order valence-corrected chi connectivity index (χ1v) is 13.7. The second kappa shape index (κ2) is 10.4. The van der Waals surface area contributed by atoms with Crippen molar-refractivity contribution >= 4 is 63.4 Å². The molecule has 2 heterocycles.